The second-order valence-electron chi connectivity index (χ2n) is 6.42. The van der Waals surface area contributed by atoms with Gasteiger partial charge in [-0.25, -0.2) is 0 Å². The SMILES string of the molecule is COc1cccc(-c2cc(C(=O)N3CCN(c4ccccc4)CC3)no2)c1. The third-order valence-corrected chi connectivity index (χ3v) is 4.77. The summed E-state index contributed by atoms with van der Waals surface area (Å²) in [5.74, 6) is 1.19. The van der Waals surface area contributed by atoms with Gasteiger partial charge in [0.1, 0.15) is 5.75 Å². The summed E-state index contributed by atoms with van der Waals surface area (Å²) in [4.78, 5) is 16.9. The average molecular weight is 363 g/mol. The molecule has 1 aliphatic heterocycles. The van der Waals surface area contributed by atoms with Crippen LogP contribution in [0.2, 0.25) is 0 Å². The number of piperazine rings is 1. The van der Waals surface area contributed by atoms with E-state index < -0.39 is 0 Å². The highest BCUT2D eigenvalue weighted by Crippen LogP contribution is 2.25. The van der Waals surface area contributed by atoms with Crippen molar-refractivity contribution >= 4 is 11.6 Å². The predicted molar refractivity (Wildman–Crippen MR) is 103 cm³/mol. The molecule has 6 nitrogen and oxygen atoms in total. The van der Waals surface area contributed by atoms with Crippen LogP contribution in [0.4, 0.5) is 5.69 Å². The van der Waals surface area contributed by atoms with Gasteiger partial charge in [0.05, 0.1) is 7.11 Å². The largest absolute Gasteiger partial charge is 0.497 e. The lowest BCUT2D eigenvalue weighted by molar-refractivity contribution is 0.0736. The third-order valence-electron chi connectivity index (χ3n) is 4.77. The monoisotopic (exact) mass is 363 g/mol. The Balaban J connectivity index is 1.43. The van der Waals surface area contributed by atoms with E-state index in [1.807, 2.05) is 47.4 Å². The van der Waals surface area contributed by atoms with Gasteiger partial charge in [0.2, 0.25) is 0 Å². The molecule has 0 N–H and O–H groups in total. The number of rotatable bonds is 4. The summed E-state index contributed by atoms with van der Waals surface area (Å²) < 4.78 is 10.6. The van der Waals surface area contributed by atoms with Crippen LogP contribution in [0, 0.1) is 0 Å². The first-order chi connectivity index (χ1) is 13.2. The summed E-state index contributed by atoms with van der Waals surface area (Å²) in [7, 11) is 1.61. The Kier molecular flexibility index (Phi) is 4.78. The van der Waals surface area contributed by atoms with E-state index in [0.29, 0.717) is 24.5 Å². The maximum absolute atomic E-state index is 12.8. The topological polar surface area (TPSA) is 58.8 Å². The highest BCUT2D eigenvalue weighted by molar-refractivity contribution is 5.93. The molecular formula is C21H21N3O3. The van der Waals surface area contributed by atoms with Crippen LogP contribution in [0.3, 0.4) is 0 Å². The van der Waals surface area contributed by atoms with Gasteiger partial charge in [-0.1, -0.05) is 35.5 Å². The molecule has 2 aromatic carbocycles. The van der Waals surface area contributed by atoms with Crippen LogP contribution in [0.25, 0.3) is 11.3 Å². The molecule has 0 aliphatic carbocycles. The number of methoxy groups -OCH3 is 1. The van der Waals surface area contributed by atoms with E-state index in [-0.39, 0.29) is 5.91 Å². The summed E-state index contributed by atoms with van der Waals surface area (Å²) in [6.45, 7) is 2.93. The zero-order valence-corrected chi connectivity index (χ0v) is 15.2. The zero-order chi connectivity index (χ0) is 18.6. The van der Waals surface area contributed by atoms with Gasteiger partial charge in [0, 0.05) is 43.5 Å². The zero-order valence-electron chi connectivity index (χ0n) is 15.2. The number of hydrogen-bond acceptors (Lipinski definition) is 5. The van der Waals surface area contributed by atoms with Gasteiger partial charge in [-0.3, -0.25) is 4.79 Å². The van der Waals surface area contributed by atoms with Gasteiger partial charge in [-0.2, -0.15) is 0 Å². The molecule has 1 aromatic heterocycles. The van der Waals surface area contributed by atoms with Crippen LogP contribution in [-0.2, 0) is 0 Å². The fraction of sp³-hybridized carbons (Fsp3) is 0.238. The highest BCUT2D eigenvalue weighted by Gasteiger charge is 2.25. The number of hydrogen-bond donors (Lipinski definition) is 0. The van der Waals surface area contributed by atoms with Crippen molar-refractivity contribution in [1.29, 1.82) is 0 Å². The van der Waals surface area contributed by atoms with Gasteiger partial charge in [-0.15, -0.1) is 0 Å². The summed E-state index contributed by atoms with van der Waals surface area (Å²) in [6.07, 6.45) is 0. The van der Waals surface area contributed by atoms with Crippen molar-refractivity contribution in [2.75, 3.05) is 38.2 Å². The Hall–Kier alpha value is -3.28. The van der Waals surface area contributed by atoms with Crippen LogP contribution in [-0.4, -0.2) is 49.3 Å². The Morgan fingerprint density at radius 2 is 1.78 bits per heavy atom. The quantitative estimate of drug-likeness (QED) is 0.712. The molecule has 0 radical (unpaired) electrons. The minimum Gasteiger partial charge on any atom is -0.497 e. The van der Waals surface area contributed by atoms with Crippen molar-refractivity contribution in [2.45, 2.75) is 0 Å². The Morgan fingerprint density at radius 1 is 1.00 bits per heavy atom. The third kappa shape index (κ3) is 3.65. The lowest BCUT2D eigenvalue weighted by Crippen LogP contribution is -2.48. The predicted octanol–water partition coefficient (Wildman–Crippen LogP) is 3.31. The number of nitrogens with zero attached hydrogens (tertiary/aromatic N) is 3. The van der Waals surface area contributed by atoms with E-state index in [1.54, 1.807) is 13.2 Å². The molecule has 1 saturated heterocycles. The van der Waals surface area contributed by atoms with Crippen LogP contribution < -0.4 is 9.64 Å². The molecule has 3 aromatic rings. The number of benzene rings is 2. The number of anilines is 1. The summed E-state index contributed by atoms with van der Waals surface area (Å²) in [6, 6.07) is 19.4. The van der Waals surface area contributed by atoms with Crippen LogP contribution in [0.1, 0.15) is 10.5 Å². The first kappa shape index (κ1) is 17.1. The fourth-order valence-electron chi connectivity index (χ4n) is 3.26. The Morgan fingerprint density at radius 3 is 2.52 bits per heavy atom. The standard InChI is InChI=1S/C21H21N3O3/c1-26-18-9-5-6-16(14-18)20-15-19(22-27-20)21(25)24-12-10-23(11-13-24)17-7-3-2-4-8-17/h2-9,14-15H,10-13H2,1H3. The number of para-hydroxylation sites is 1. The molecule has 1 amide bonds. The second kappa shape index (κ2) is 7.53. The summed E-state index contributed by atoms with van der Waals surface area (Å²) >= 11 is 0. The van der Waals surface area contributed by atoms with Crippen molar-refractivity contribution in [3.8, 4) is 17.1 Å². The second-order valence-corrected chi connectivity index (χ2v) is 6.42. The molecule has 0 unspecified atom stereocenters. The molecule has 0 saturated carbocycles. The first-order valence-electron chi connectivity index (χ1n) is 8.95. The molecule has 2 heterocycles. The molecule has 6 heteroatoms. The number of aromatic nitrogens is 1. The molecule has 0 bridgehead atoms. The Labute approximate surface area is 157 Å². The van der Waals surface area contributed by atoms with Crippen molar-refractivity contribution in [3.05, 3.63) is 66.4 Å². The molecule has 1 fully saturated rings. The molecule has 0 spiro atoms. The van der Waals surface area contributed by atoms with E-state index in [0.717, 1.165) is 24.4 Å². The maximum atomic E-state index is 12.8. The number of carbonyl (C=O) groups excluding carboxylic acids is 1. The summed E-state index contributed by atoms with van der Waals surface area (Å²) in [5.41, 5.74) is 2.35. The van der Waals surface area contributed by atoms with Gasteiger partial charge in [0.25, 0.3) is 5.91 Å². The van der Waals surface area contributed by atoms with Crippen LogP contribution in [0.5, 0.6) is 5.75 Å². The van der Waals surface area contributed by atoms with E-state index in [1.165, 1.54) is 5.69 Å². The van der Waals surface area contributed by atoms with E-state index in [9.17, 15) is 4.79 Å². The molecule has 0 atom stereocenters. The minimum atomic E-state index is -0.0967. The lowest BCUT2D eigenvalue weighted by Gasteiger charge is -2.35. The lowest BCUT2D eigenvalue weighted by atomic mass is 10.1. The van der Waals surface area contributed by atoms with Crippen molar-refractivity contribution in [1.82, 2.24) is 10.1 Å². The van der Waals surface area contributed by atoms with Gasteiger partial charge < -0.3 is 19.1 Å². The summed E-state index contributed by atoms with van der Waals surface area (Å²) in [5, 5.41) is 3.98. The molecule has 1 aliphatic rings. The van der Waals surface area contributed by atoms with E-state index in [2.05, 4.69) is 22.2 Å². The molecular weight excluding hydrogens is 342 g/mol. The van der Waals surface area contributed by atoms with Crippen LogP contribution >= 0.6 is 0 Å². The number of carbonyl (C=O) groups is 1. The van der Waals surface area contributed by atoms with Crippen LogP contribution in [0.15, 0.2) is 65.2 Å². The minimum absolute atomic E-state index is 0.0967. The normalized spacial score (nSPS) is 14.3. The number of ether oxygens (including phenoxy) is 1. The van der Waals surface area contributed by atoms with Gasteiger partial charge in [0.15, 0.2) is 11.5 Å². The maximum Gasteiger partial charge on any atom is 0.276 e. The molecule has 27 heavy (non-hydrogen) atoms. The highest BCUT2D eigenvalue weighted by atomic mass is 16.5. The van der Waals surface area contributed by atoms with Crippen molar-refractivity contribution in [2.24, 2.45) is 0 Å². The van der Waals surface area contributed by atoms with E-state index >= 15 is 0 Å². The number of amides is 1. The fourth-order valence-corrected chi connectivity index (χ4v) is 3.26. The van der Waals surface area contributed by atoms with Crippen molar-refractivity contribution in [3.63, 3.8) is 0 Å². The van der Waals surface area contributed by atoms with E-state index in [4.69, 9.17) is 9.26 Å². The Bertz CT molecular complexity index is 915. The van der Waals surface area contributed by atoms with Gasteiger partial charge in [-0.05, 0) is 24.3 Å². The van der Waals surface area contributed by atoms with Crippen molar-refractivity contribution < 1.29 is 14.1 Å². The van der Waals surface area contributed by atoms with Gasteiger partial charge >= 0.3 is 0 Å². The molecule has 4 rings (SSSR count). The molecule has 138 valence electrons. The average Bonchev–Trinajstić information content (AvgIpc) is 3.24. The first-order valence-corrected chi connectivity index (χ1v) is 8.95. The smallest absolute Gasteiger partial charge is 0.276 e.